The number of benzene rings is 2. The van der Waals surface area contributed by atoms with Crippen LogP contribution >= 0.6 is 0 Å². The molecule has 0 saturated carbocycles. The van der Waals surface area contributed by atoms with E-state index < -0.39 is 9.84 Å². The molecule has 140 valence electrons. The first-order valence-electron chi connectivity index (χ1n) is 8.97. The predicted octanol–water partition coefficient (Wildman–Crippen LogP) is 3.86. The largest absolute Gasteiger partial charge is 0.396 e. The second kappa shape index (κ2) is 9.55. The Labute approximate surface area is 156 Å². The van der Waals surface area contributed by atoms with Gasteiger partial charge in [0.15, 0.2) is 9.84 Å². The van der Waals surface area contributed by atoms with Crippen LogP contribution in [0.25, 0.3) is 12.2 Å². The van der Waals surface area contributed by atoms with Crippen LogP contribution in [0.3, 0.4) is 0 Å². The fourth-order valence-electron chi connectivity index (χ4n) is 2.74. The van der Waals surface area contributed by atoms with Crippen molar-refractivity contribution >= 4 is 27.7 Å². The first-order valence-corrected chi connectivity index (χ1v) is 10.6. The van der Waals surface area contributed by atoms with Crippen molar-refractivity contribution in [2.45, 2.75) is 25.2 Å². The normalized spacial score (nSPS) is 11.8. The molecule has 0 fully saturated rings. The van der Waals surface area contributed by atoms with Crippen LogP contribution in [0.4, 0.5) is 5.69 Å². The molecule has 26 heavy (non-hydrogen) atoms. The average Bonchev–Trinajstić information content (AvgIpc) is 2.67. The minimum Gasteiger partial charge on any atom is -0.396 e. The maximum atomic E-state index is 12.1. The summed E-state index contributed by atoms with van der Waals surface area (Å²) in [6.07, 6.45) is 4.24. The van der Waals surface area contributed by atoms with Crippen molar-refractivity contribution in [3.05, 3.63) is 59.7 Å². The summed E-state index contributed by atoms with van der Waals surface area (Å²) < 4.78 is 24.2. The molecule has 0 unspecified atom stereocenters. The first kappa shape index (κ1) is 20.2. The van der Waals surface area contributed by atoms with Crippen molar-refractivity contribution < 1.29 is 13.5 Å². The quantitative estimate of drug-likeness (QED) is 0.678. The van der Waals surface area contributed by atoms with Crippen molar-refractivity contribution in [1.82, 2.24) is 0 Å². The molecule has 1 N–H and O–H groups in total. The Hall–Kier alpha value is -2.11. The summed E-state index contributed by atoms with van der Waals surface area (Å²) >= 11 is 0. The van der Waals surface area contributed by atoms with Gasteiger partial charge in [-0.25, -0.2) is 8.42 Å². The van der Waals surface area contributed by atoms with Crippen molar-refractivity contribution in [1.29, 1.82) is 0 Å². The standard InChI is InChI=1S/C21H27NO3S/c1-3-22(4-2)20-12-8-18(9-13-20)6-7-19-10-14-21(15-11-19)26(24,25)17-5-16-23/h6-15,23H,3-5,16-17H2,1-2H3. The Kier molecular flexibility index (Phi) is 7.42. The van der Waals surface area contributed by atoms with Crippen LogP contribution in [-0.4, -0.2) is 39.0 Å². The second-order valence-electron chi connectivity index (χ2n) is 6.06. The molecule has 0 amide bonds. The van der Waals surface area contributed by atoms with E-state index in [0.29, 0.717) is 4.90 Å². The molecule has 0 radical (unpaired) electrons. The molecule has 0 bridgehead atoms. The van der Waals surface area contributed by atoms with Crippen LogP contribution in [0, 0.1) is 0 Å². The van der Waals surface area contributed by atoms with Crippen LogP contribution in [0.2, 0.25) is 0 Å². The molecule has 0 saturated heterocycles. The third-order valence-electron chi connectivity index (χ3n) is 4.30. The summed E-state index contributed by atoms with van der Waals surface area (Å²) in [5.74, 6) is -0.0302. The predicted molar refractivity (Wildman–Crippen MR) is 109 cm³/mol. The van der Waals surface area contributed by atoms with E-state index >= 15 is 0 Å². The first-order chi connectivity index (χ1) is 12.5. The fourth-order valence-corrected chi connectivity index (χ4v) is 4.03. The van der Waals surface area contributed by atoms with Gasteiger partial charge in [0.25, 0.3) is 0 Å². The summed E-state index contributed by atoms with van der Waals surface area (Å²) in [5.41, 5.74) is 3.25. The van der Waals surface area contributed by atoms with E-state index in [-0.39, 0.29) is 18.8 Å². The summed E-state index contributed by atoms with van der Waals surface area (Å²) in [5, 5.41) is 8.80. The van der Waals surface area contributed by atoms with Crippen LogP contribution < -0.4 is 4.90 Å². The van der Waals surface area contributed by atoms with Crippen LogP contribution in [0.1, 0.15) is 31.4 Å². The number of hydrogen-bond donors (Lipinski definition) is 1. The summed E-state index contributed by atoms with van der Waals surface area (Å²) in [6, 6.07) is 15.2. The number of anilines is 1. The highest BCUT2D eigenvalue weighted by atomic mass is 32.2. The Morgan fingerprint density at radius 1 is 0.885 bits per heavy atom. The highest BCUT2D eigenvalue weighted by molar-refractivity contribution is 7.91. The van der Waals surface area contributed by atoms with Gasteiger partial charge in [0, 0.05) is 25.4 Å². The van der Waals surface area contributed by atoms with Gasteiger partial charge in [0.2, 0.25) is 0 Å². The Bertz CT molecular complexity index is 805. The molecule has 0 aliphatic carbocycles. The van der Waals surface area contributed by atoms with Gasteiger partial charge < -0.3 is 10.0 Å². The molecule has 2 aromatic carbocycles. The maximum absolute atomic E-state index is 12.1. The van der Waals surface area contributed by atoms with Gasteiger partial charge >= 0.3 is 0 Å². The summed E-state index contributed by atoms with van der Waals surface area (Å²) in [7, 11) is -3.31. The molecule has 0 aliphatic rings. The van der Waals surface area contributed by atoms with Gasteiger partial charge in [-0.05, 0) is 55.7 Å². The van der Waals surface area contributed by atoms with E-state index in [1.807, 2.05) is 12.2 Å². The summed E-state index contributed by atoms with van der Waals surface area (Å²) in [6.45, 7) is 6.14. The highest BCUT2D eigenvalue weighted by Gasteiger charge is 2.13. The number of sulfone groups is 1. The van der Waals surface area contributed by atoms with Gasteiger partial charge in [-0.3, -0.25) is 0 Å². The van der Waals surface area contributed by atoms with Crippen molar-refractivity contribution in [2.75, 3.05) is 30.3 Å². The smallest absolute Gasteiger partial charge is 0.178 e. The lowest BCUT2D eigenvalue weighted by molar-refractivity contribution is 0.295. The zero-order chi connectivity index (χ0) is 19.0. The monoisotopic (exact) mass is 373 g/mol. The molecule has 2 aromatic rings. The molecular weight excluding hydrogens is 346 g/mol. The van der Waals surface area contributed by atoms with Crippen molar-refractivity contribution in [3.63, 3.8) is 0 Å². The average molecular weight is 374 g/mol. The second-order valence-corrected chi connectivity index (χ2v) is 8.17. The van der Waals surface area contributed by atoms with Gasteiger partial charge in [-0.1, -0.05) is 36.4 Å². The highest BCUT2D eigenvalue weighted by Crippen LogP contribution is 2.18. The minimum absolute atomic E-state index is 0.0302. The third kappa shape index (κ3) is 5.44. The lowest BCUT2D eigenvalue weighted by atomic mass is 10.1. The van der Waals surface area contributed by atoms with E-state index in [2.05, 4.69) is 43.0 Å². The number of aliphatic hydroxyl groups excluding tert-OH is 1. The number of aliphatic hydroxyl groups is 1. The SMILES string of the molecule is CCN(CC)c1ccc(C=Cc2ccc(S(=O)(=O)CCCO)cc2)cc1. The zero-order valence-corrected chi connectivity index (χ0v) is 16.2. The molecule has 2 rings (SSSR count). The third-order valence-corrected chi connectivity index (χ3v) is 6.12. The van der Waals surface area contributed by atoms with Crippen LogP contribution in [0.5, 0.6) is 0 Å². The molecule has 0 heterocycles. The Balaban J connectivity index is 2.06. The molecule has 0 atom stereocenters. The molecule has 0 aliphatic heterocycles. The Morgan fingerprint density at radius 2 is 1.38 bits per heavy atom. The van der Waals surface area contributed by atoms with Gasteiger partial charge in [0.05, 0.1) is 10.6 Å². The summed E-state index contributed by atoms with van der Waals surface area (Å²) in [4.78, 5) is 2.59. The molecule has 0 spiro atoms. The Morgan fingerprint density at radius 3 is 1.85 bits per heavy atom. The number of hydrogen-bond acceptors (Lipinski definition) is 4. The van der Waals surface area contributed by atoms with Crippen LogP contribution in [-0.2, 0) is 9.84 Å². The van der Waals surface area contributed by atoms with E-state index in [4.69, 9.17) is 5.11 Å². The van der Waals surface area contributed by atoms with Crippen LogP contribution in [0.15, 0.2) is 53.4 Å². The van der Waals surface area contributed by atoms with Gasteiger partial charge in [0.1, 0.15) is 0 Å². The number of nitrogens with zero attached hydrogens (tertiary/aromatic N) is 1. The molecule has 4 nitrogen and oxygen atoms in total. The zero-order valence-electron chi connectivity index (χ0n) is 15.4. The number of rotatable bonds is 9. The van der Waals surface area contributed by atoms with E-state index in [9.17, 15) is 8.42 Å². The molecule has 0 aromatic heterocycles. The maximum Gasteiger partial charge on any atom is 0.178 e. The lowest BCUT2D eigenvalue weighted by Gasteiger charge is -2.20. The van der Waals surface area contributed by atoms with Crippen molar-refractivity contribution in [2.24, 2.45) is 0 Å². The van der Waals surface area contributed by atoms with E-state index in [1.54, 1.807) is 24.3 Å². The van der Waals surface area contributed by atoms with Gasteiger partial charge in [-0.15, -0.1) is 0 Å². The lowest BCUT2D eigenvalue weighted by Crippen LogP contribution is -2.21. The molecular formula is C21H27NO3S. The van der Waals surface area contributed by atoms with E-state index in [0.717, 1.165) is 24.2 Å². The molecule has 5 heteroatoms. The van der Waals surface area contributed by atoms with E-state index in [1.165, 1.54) is 5.69 Å². The topological polar surface area (TPSA) is 57.6 Å². The fraction of sp³-hybridized carbons (Fsp3) is 0.333. The minimum atomic E-state index is -3.31. The van der Waals surface area contributed by atoms with Crippen molar-refractivity contribution in [3.8, 4) is 0 Å². The van der Waals surface area contributed by atoms with Gasteiger partial charge in [-0.2, -0.15) is 0 Å².